The van der Waals surface area contributed by atoms with Crippen molar-refractivity contribution >= 4 is 69.3 Å². The van der Waals surface area contributed by atoms with E-state index in [0.717, 1.165) is 22.2 Å². The third kappa shape index (κ3) is 7.87. The summed E-state index contributed by atoms with van der Waals surface area (Å²) in [6.45, 7) is 1.71. The molecule has 2 heterocycles. The van der Waals surface area contributed by atoms with E-state index in [1.54, 1.807) is 74.0 Å². The molecule has 9 nitrogen and oxygen atoms in total. The van der Waals surface area contributed by atoms with E-state index in [-0.39, 0.29) is 30.0 Å². The van der Waals surface area contributed by atoms with Crippen LogP contribution in [0.4, 0.5) is 11.4 Å². The van der Waals surface area contributed by atoms with Gasteiger partial charge in [0.25, 0.3) is 5.91 Å². The molecule has 0 bridgehead atoms. The minimum absolute atomic E-state index is 0.0574. The molecule has 3 amide bonds. The Morgan fingerprint density at radius 2 is 1.70 bits per heavy atom. The number of anilines is 2. The Kier molecular flexibility index (Phi) is 10.3. The van der Waals surface area contributed by atoms with Gasteiger partial charge >= 0.3 is 0 Å². The predicted octanol–water partition coefficient (Wildman–Crippen LogP) is 6.87. The Balaban J connectivity index is 1.16. The van der Waals surface area contributed by atoms with Gasteiger partial charge in [0.15, 0.2) is 0 Å². The molecule has 0 aliphatic heterocycles. The standard InChI is InChI=1S/C35H29Cl2N5O4/c1-22-6-10-24-4-3-5-30(34(24)40-22)46-21-27-28(36)13-14-29(33(27)37)42(2)32(44)20-39-31(43)15-9-23-7-11-26(12-8-23)41-35(45)25-16-18-38-19-17-25/h3-19H,20-21H2,1-2H3,(H,39,43)(H,41,45)/b15-9+. The van der Waals surface area contributed by atoms with Gasteiger partial charge in [-0.2, -0.15) is 0 Å². The summed E-state index contributed by atoms with van der Waals surface area (Å²) in [5.41, 5.74) is 4.36. The lowest BCUT2D eigenvalue weighted by Crippen LogP contribution is -2.37. The first-order valence-electron chi connectivity index (χ1n) is 14.2. The molecule has 0 aliphatic carbocycles. The van der Waals surface area contributed by atoms with Crippen molar-refractivity contribution in [2.24, 2.45) is 0 Å². The number of halogens is 2. The van der Waals surface area contributed by atoms with E-state index in [9.17, 15) is 14.4 Å². The fourth-order valence-corrected chi connectivity index (χ4v) is 5.10. The number of aryl methyl sites for hydroxylation is 1. The summed E-state index contributed by atoms with van der Waals surface area (Å²) in [6.07, 6.45) is 6.02. The van der Waals surface area contributed by atoms with Crippen LogP contribution in [0.2, 0.25) is 10.0 Å². The van der Waals surface area contributed by atoms with Gasteiger partial charge in [-0.1, -0.05) is 53.5 Å². The molecule has 5 aromatic rings. The highest BCUT2D eigenvalue weighted by atomic mass is 35.5. The number of amides is 3. The first kappa shape index (κ1) is 32.2. The van der Waals surface area contributed by atoms with Gasteiger partial charge < -0.3 is 20.3 Å². The highest BCUT2D eigenvalue weighted by Crippen LogP contribution is 2.35. The summed E-state index contributed by atoms with van der Waals surface area (Å²) in [5.74, 6) is -0.506. The lowest BCUT2D eigenvalue weighted by Gasteiger charge is -2.21. The second kappa shape index (κ2) is 14.7. The summed E-state index contributed by atoms with van der Waals surface area (Å²) in [6, 6.07) is 23.1. The van der Waals surface area contributed by atoms with Crippen LogP contribution >= 0.6 is 23.2 Å². The quantitative estimate of drug-likeness (QED) is 0.159. The van der Waals surface area contributed by atoms with Gasteiger partial charge in [0.2, 0.25) is 11.8 Å². The summed E-state index contributed by atoms with van der Waals surface area (Å²) < 4.78 is 6.08. The van der Waals surface area contributed by atoms with Gasteiger partial charge in [-0.25, -0.2) is 4.98 Å². The van der Waals surface area contributed by atoms with Crippen LogP contribution in [0.5, 0.6) is 5.75 Å². The number of carbonyl (C=O) groups is 3. The van der Waals surface area contributed by atoms with Crippen molar-refractivity contribution in [2.45, 2.75) is 13.5 Å². The number of nitrogens with one attached hydrogen (secondary N) is 2. The maximum Gasteiger partial charge on any atom is 0.255 e. The lowest BCUT2D eigenvalue weighted by atomic mass is 10.1. The van der Waals surface area contributed by atoms with Crippen LogP contribution in [-0.4, -0.2) is 41.3 Å². The Morgan fingerprint density at radius 3 is 2.46 bits per heavy atom. The highest BCUT2D eigenvalue weighted by Gasteiger charge is 2.19. The molecule has 232 valence electrons. The Labute approximate surface area is 275 Å². The molecular weight excluding hydrogens is 625 g/mol. The first-order valence-corrected chi connectivity index (χ1v) is 14.9. The summed E-state index contributed by atoms with van der Waals surface area (Å²) >= 11 is 13.2. The van der Waals surface area contributed by atoms with Crippen LogP contribution in [0.15, 0.2) is 97.3 Å². The maximum absolute atomic E-state index is 13.0. The average molecular weight is 655 g/mol. The Bertz CT molecular complexity index is 1930. The van der Waals surface area contributed by atoms with E-state index in [4.69, 9.17) is 27.9 Å². The number of pyridine rings is 2. The molecule has 2 aromatic heterocycles. The number of aromatic nitrogens is 2. The van der Waals surface area contributed by atoms with Crippen LogP contribution in [0.3, 0.4) is 0 Å². The SMILES string of the molecule is Cc1ccc2cccc(OCc3c(Cl)ccc(N(C)C(=O)CNC(=O)/C=C/c4ccc(NC(=O)c5ccncc5)cc4)c3Cl)c2n1. The van der Waals surface area contributed by atoms with Gasteiger partial charge in [0, 0.05) is 58.4 Å². The molecule has 11 heteroatoms. The first-order chi connectivity index (χ1) is 22.2. The molecule has 0 unspecified atom stereocenters. The minimum atomic E-state index is -0.452. The van der Waals surface area contributed by atoms with Gasteiger partial charge in [0.05, 0.1) is 17.3 Å². The van der Waals surface area contributed by atoms with Crippen LogP contribution in [0.1, 0.15) is 27.2 Å². The van der Waals surface area contributed by atoms with Crippen molar-refractivity contribution in [3.63, 3.8) is 0 Å². The van der Waals surface area contributed by atoms with Crippen molar-refractivity contribution in [3.8, 4) is 5.75 Å². The molecule has 2 N–H and O–H groups in total. The molecule has 5 rings (SSSR count). The number of fused-ring (bicyclic) bond motifs is 1. The highest BCUT2D eigenvalue weighted by molar-refractivity contribution is 6.38. The lowest BCUT2D eigenvalue weighted by molar-refractivity contribution is -0.122. The van der Waals surface area contributed by atoms with Crippen LogP contribution in [0, 0.1) is 6.92 Å². The smallest absolute Gasteiger partial charge is 0.255 e. The Morgan fingerprint density at radius 1 is 0.935 bits per heavy atom. The zero-order chi connectivity index (χ0) is 32.6. The van der Waals surface area contributed by atoms with Crippen molar-refractivity contribution in [3.05, 3.63) is 130 Å². The number of para-hydroxylation sites is 1. The second-order valence-electron chi connectivity index (χ2n) is 10.2. The molecule has 3 aromatic carbocycles. The zero-order valence-corrected chi connectivity index (χ0v) is 26.5. The van der Waals surface area contributed by atoms with E-state index >= 15 is 0 Å². The maximum atomic E-state index is 13.0. The van der Waals surface area contributed by atoms with Gasteiger partial charge in [-0.05, 0) is 67.1 Å². The van der Waals surface area contributed by atoms with Crippen LogP contribution in [-0.2, 0) is 16.2 Å². The number of nitrogens with zero attached hydrogens (tertiary/aromatic N) is 3. The monoisotopic (exact) mass is 653 g/mol. The van der Waals surface area contributed by atoms with Crippen molar-refractivity contribution in [1.82, 2.24) is 15.3 Å². The minimum Gasteiger partial charge on any atom is -0.487 e. The third-order valence-electron chi connectivity index (χ3n) is 7.05. The van der Waals surface area contributed by atoms with Gasteiger partial charge in [-0.3, -0.25) is 19.4 Å². The Hall–Kier alpha value is -5.25. The topological polar surface area (TPSA) is 114 Å². The van der Waals surface area contributed by atoms with Crippen LogP contribution in [0.25, 0.3) is 17.0 Å². The largest absolute Gasteiger partial charge is 0.487 e. The van der Waals surface area contributed by atoms with Crippen molar-refractivity contribution in [2.75, 3.05) is 23.8 Å². The van der Waals surface area contributed by atoms with Gasteiger partial charge in [-0.15, -0.1) is 0 Å². The molecule has 0 spiro atoms. The molecule has 0 aliphatic rings. The van der Waals surface area contributed by atoms with Crippen molar-refractivity contribution < 1.29 is 19.1 Å². The van der Waals surface area contributed by atoms with Crippen molar-refractivity contribution in [1.29, 1.82) is 0 Å². The number of benzene rings is 3. The fraction of sp³-hybridized carbons (Fsp3) is 0.114. The van der Waals surface area contributed by atoms with Crippen LogP contribution < -0.4 is 20.3 Å². The van der Waals surface area contributed by atoms with E-state index in [0.29, 0.717) is 33.3 Å². The number of hydrogen-bond donors (Lipinski definition) is 2. The molecule has 0 saturated heterocycles. The number of hydrogen-bond acceptors (Lipinski definition) is 6. The molecule has 0 fully saturated rings. The van der Waals surface area contributed by atoms with E-state index in [1.807, 2.05) is 37.3 Å². The summed E-state index contributed by atoms with van der Waals surface area (Å²) in [4.78, 5) is 47.6. The van der Waals surface area contributed by atoms with Gasteiger partial charge in [0.1, 0.15) is 17.9 Å². The number of carbonyl (C=O) groups excluding carboxylic acids is 3. The predicted molar refractivity (Wildman–Crippen MR) is 181 cm³/mol. The molecule has 0 saturated carbocycles. The fourth-order valence-electron chi connectivity index (χ4n) is 4.49. The molecule has 46 heavy (non-hydrogen) atoms. The number of likely N-dealkylation sites (N-methyl/N-ethyl adjacent to an activating group) is 1. The van der Waals surface area contributed by atoms with E-state index < -0.39 is 5.91 Å². The zero-order valence-electron chi connectivity index (χ0n) is 25.0. The number of ether oxygens (including phenoxy) is 1. The molecule has 0 radical (unpaired) electrons. The van der Waals surface area contributed by atoms with E-state index in [2.05, 4.69) is 20.6 Å². The average Bonchev–Trinajstić information content (AvgIpc) is 3.07. The van der Waals surface area contributed by atoms with E-state index in [1.165, 1.54) is 11.0 Å². The molecule has 0 atom stereocenters. The summed E-state index contributed by atoms with van der Waals surface area (Å²) in [5, 5.41) is 6.99. The normalized spacial score (nSPS) is 11.0. The number of rotatable bonds is 10. The third-order valence-corrected chi connectivity index (χ3v) is 7.82. The summed E-state index contributed by atoms with van der Waals surface area (Å²) in [7, 11) is 1.57. The second-order valence-corrected chi connectivity index (χ2v) is 11.0. The molecular formula is C35H29Cl2N5O4.